The second-order valence-corrected chi connectivity index (χ2v) is 2.82. The summed E-state index contributed by atoms with van der Waals surface area (Å²) < 4.78 is 0. The highest BCUT2D eigenvalue weighted by Crippen LogP contribution is 2.18. The second kappa shape index (κ2) is 4.15. The van der Waals surface area contributed by atoms with E-state index in [0.717, 1.165) is 16.1 Å². The molecule has 0 aliphatic carbocycles. The van der Waals surface area contributed by atoms with E-state index in [1.807, 2.05) is 25.1 Å². The number of halogens is 1. The van der Waals surface area contributed by atoms with Crippen LogP contribution in [-0.4, -0.2) is 6.54 Å². The van der Waals surface area contributed by atoms with Gasteiger partial charge in [-0.15, -0.1) is 0 Å². The molecule has 0 aliphatic rings. The fourth-order valence-electron chi connectivity index (χ4n) is 0.890. The van der Waals surface area contributed by atoms with Gasteiger partial charge in [-0.1, -0.05) is 35.6 Å². The van der Waals surface area contributed by atoms with Gasteiger partial charge in [-0.25, -0.2) is 0 Å². The van der Waals surface area contributed by atoms with Gasteiger partial charge in [0.05, 0.1) is 11.6 Å². The molecule has 1 aromatic carbocycles. The van der Waals surface area contributed by atoms with Gasteiger partial charge in [-0.2, -0.15) is 0 Å². The average molecular weight is 180 g/mol. The zero-order valence-corrected chi connectivity index (χ0v) is 7.65. The first-order valence-electron chi connectivity index (χ1n) is 3.69. The molecule has 0 unspecified atom stereocenters. The third-order valence-electron chi connectivity index (χ3n) is 1.52. The zero-order chi connectivity index (χ0) is 8.97. The summed E-state index contributed by atoms with van der Waals surface area (Å²) in [4.78, 5) is 0. The molecule has 0 atom stereocenters. The van der Waals surface area contributed by atoms with E-state index < -0.39 is 0 Å². The van der Waals surface area contributed by atoms with Crippen LogP contribution in [0.1, 0.15) is 11.1 Å². The lowest BCUT2D eigenvalue weighted by Crippen LogP contribution is -1.93. The molecule has 0 aromatic heterocycles. The van der Waals surface area contributed by atoms with Crippen LogP contribution in [0, 0.1) is 18.8 Å². The smallest absolute Gasteiger partial charge is 0.0591 e. The lowest BCUT2D eigenvalue weighted by Gasteiger charge is -1.98. The maximum Gasteiger partial charge on any atom is 0.0591 e. The molecule has 2 heteroatoms. The molecule has 12 heavy (non-hydrogen) atoms. The van der Waals surface area contributed by atoms with Crippen molar-refractivity contribution in [2.24, 2.45) is 5.73 Å². The minimum Gasteiger partial charge on any atom is -0.320 e. The van der Waals surface area contributed by atoms with Gasteiger partial charge in [0, 0.05) is 5.56 Å². The van der Waals surface area contributed by atoms with E-state index in [4.69, 9.17) is 17.3 Å². The summed E-state index contributed by atoms with van der Waals surface area (Å²) in [6.45, 7) is 2.32. The average Bonchev–Trinajstić information content (AvgIpc) is 2.08. The standard InChI is InChI=1S/C10H10ClN/c1-8-4-2-5-9(10(8)11)6-3-7-12/h2,4-5H,7,12H2,1H3. The minimum absolute atomic E-state index is 0.365. The normalized spacial score (nSPS) is 8.92. The van der Waals surface area contributed by atoms with Crippen LogP contribution in [0.5, 0.6) is 0 Å². The summed E-state index contributed by atoms with van der Waals surface area (Å²) in [5.74, 6) is 5.67. The predicted molar refractivity (Wildman–Crippen MR) is 52.1 cm³/mol. The second-order valence-electron chi connectivity index (χ2n) is 2.44. The first-order valence-corrected chi connectivity index (χ1v) is 4.07. The Balaban J connectivity index is 3.08. The summed E-state index contributed by atoms with van der Waals surface area (Å²) >= 11 is 5.99. The van der Waals surface area contributed by atoms with E-state index in [0.29, 0.717) is 6.54 Å². The lowest BCUT2D eigenvalue weighted by atomic mass is 10.1. The Labute approximate surface area is 77.5 Å². The first kappa shape index (κ1) is 9.12. The quantitative estimate of drug-likeness (QED) is 0.606. The van der Waals surface area contributed by atoms with Crippen LogP contribution in [0.4, 0.5) is 0 Å². The number of aryl methyl sites for hydroxylation is 1. The van der Waals surface area contributed by atoms with Crippen molar-refractivity contribution < 1.29 is 0 Å². The SMILES string of the molecule is Cc1cccc(C#CCN)c1Cl. The van der Waals surface area contributed by atoms with Gasteiger partial charge in [0.2, 0.25) is 0 Å². The molecule has 0 saturated heterocycles. The zero-order valence-electron chi connectivity index (χ0n) is 6.89. The van der Waals surface area contributed by atoms with E-state index in [1.54, 1.807) is 0 Å². The van der Waals surface area contributed by atoms with Crippen molar-refractivity contribution in [2.45, 2.75) is 6.92 Å². The van der Waals surface area contributed by atoms with Crippen LogP contribution in [0.15, 0.2) is 18.2 Å². The molecule has 1 nitrogen and oxygen atoms in total. The first-order chi connectivity index (χ1) is 5.75. The van der Waals surface area contributed by atoms with Crippen molar-refractivity contribution in [2.75, 3.05) is 6.54 Å². The van der Waals surface area contributed by atoms with Crippen LogP contribution in [0.25, 0.3) is 0 Å². The molecule has 0 fully saturated rings. The summed E-state index contributed by atoms with van der Waals surface area (Å²) in [6, 6.07) is 5.77. The van der Waals surface area contributed by atoms with Crippen LogP contribution < -0.4 is 5.73 Å². The van der Waals surface area contributed by atoms with E-state index in [1.165, 1.54) is 0 Å². The van der Waals surface area contributed by atoms with Crippen LogP contribution in [0.3, 0.4) is 0 Å². The molecule has 0 amide bonds. The lowest BCUT2D eigenvalue weighted by molar-refractivity contribution is 1.30. The van der Waals surface area contributed by atoms with Gasteiger partial charge in [-0.3, -0.25) is 0 Å². The number of hydrogen-bond donors (Lipinski definition) is 1. The van der Waals surface area contributed by atoms with Crippen molar-refractivity contribution in [1.82, 2.24) is 0 Å². The number of hydrogen-bond acceptors (Lipinski definition) is 1. The van der Waals surface area contributed by atoms with Crippen molar-refractivity contribution in [3.8, 4) is 11.8 Å². The van der Waals surface area contributed by atoms with Crippen molar-refractivity contribution in [1.29, 1.82) is 0 Å². The molecular weight excluding hydrogens is 170 g/mol. The van der Waals surface area contributed by atoms with Crippen molar-refractivity contribution in [3.05, 3.63) is 34.3 Å². The Hall–Kier alpha value is -0.970. The number of nitrogens with two attached hydrogens (primary N) is 1. The van der Waals surface area contributed by atoms with Crippen LogP contribution >= 0.6 is 11.6 Å². The van der Waals surface area contributed by atoms with E-state index in [9.17, 15) is 0 Å². The molecule has 1 aromatic rings. The van der Waals surface area contributed by atoms with Gasteiger partial charge in [0.15, 0.2) is 0 Å². The fraction of sp³-hybridized carbons (Fsp3) is 0.200. The summed E-state index contributed by atoms with van der Waals surface area (Å²) in [5, 5.41) is 0.721. The molecule has 62 valence electrons. The molecule has 0 bridgehead atoms. The van der Waals surface area contributed by atoms with Crippen LogP contribution in [0.2, 0.25) is 5.02 Å². The number of rotatable bonds is 0. The topological polar surface area (TPSA) is 26.0 Å². The van der Waals surface area contributed by atoms with Gasteiger partial charge >= 0.3 is 0 Å². The van der Waals surface area contributed by atoms with Gasteiger partial charge in [-0.05, 0) is 18.6 Å². The maximum absolute atomic E-state index is 5.99. The molecule has 0 spiro atoms. The van der Waals surface area contributed by atoms with Gasteiger partial charge < -0.3 is 5.73 Å². The molecule has 0 saturated carbocycles. The Morgan fingerprint density at radius 2 is 2.25 bits per heavy atom. The minimum atomic E-state index is 0.365. The van der Waals surface area contributed by atoms with E-state index in [-0.39, 0.29) is 0 Å². The Morgan fingerprint density at radius 1 is 1.50 bits per heavy atom. The number of benzene rings is 1. The molecule has 0 heterocycles. The molecule has 2 N–H and O–H groups in total. The van der Waals surface area contributed by atoms with Gasteiger partial charge in [0.1, 0.15) is 0 Å². The fourth-order valence-corrected chi connectivity index (χ4v) is 1.06. The summed E-state index contributed by atoms with van der Waals surface area (Å²) in [7, 11) is 0. The van der Waals surface area contributed by atoms with Crippen molar-refractivity contribution >= 4 is 11.6 Å². The Kier molecular flexibility index (Phi) is 3.16. The Bertz CT molecular complexity index is 333. The molecule has 0 aliphatic heterocycles. The molecule has 0 radical (unpaired) electrons. The third-order valence-corrected chi connectivity index (χ3v) is 2.02. The Morgan fingerprint density at radius 3 is 2.92 bits per heavy atom. The monoisotopic (exact) mass is 179 g/mol. The highest BCUT2D eigenvalue weighted by atomic mass is 35.5. The predicted octanol–water partition coefficient (Wildman–Crippen LogP) is 1.96. The largest absolute Gasteiger partial charge is 0.320 e. The van der Waals surface area contributed by atoms with Crippen LogP contribution in [-0.2, 0) is 0 Å². The summed E-state index contributed by atoms with van der Waals surface area (Å²) in [6.07, 6.45) is 0. The highest BCUT2D eigenvalue weighted by molar-refractivity contribution is 6.32. The van der Waals surface area contributed by atoms with E-state index >= 15 is 0 Å². The van der Waals surface area contributed by atoms with Crippen molar-refractivity contribution in [3.63, 3.8) is 0 Å². The third kappa shape index (κ3) is 2.01. The van der Waals surface area contributed by atoms with Gasteiger partial charge in [0.25, 0.3) is 0 Å². The summed E-state index contributed by atoms with van der Waals surface area (Å²) in [5.41, 5.74) is 7.14. The molecular formula is C10H10ClN. The molecule has 1 rings (SSSR count). The highest BCUT2D eigenvalue weighted by Gasteiger charge is 1.97. The maximum atomic E-state index is 5.99. The van der Waals surface area contributed by atoms with E-state index in [2.05, 4.69) is 11.8 Å².